The number of benzene rings is 2. The summed E-state index contributed by atoms with van der Waals surface area (Å²) in [5, 5.41) is 0. The van der Waals surface area contributed by atoms with E-state index in [1.54, 1.807) is 0 Å². The van der Waals surface area contributed by atoms with E-state index >= 15 is 0 Å². The highest BCUT2D eigenvalue weighted by Gasteiger charge is 2.52. The molecule has 0 atom stereocenters. The first-order valence-corrected chi connectivity index (χ1v) is 12.3. The average molecular weight is 345 g/mol. The van der Waals surface area contributed by atoms with Crippen molar-refractivity contribution in [2.75, 3.05) is 6.26 Å². The molecule has 0 aromatic heterocycles. The lowest BCUT2D eigenvalue weighted by molar-refractivity contribution is 0.479. The van der Waals surface area contributed by atoms with E-state index in [0.29, 0.717) is 0 Å². The first kappa shape index (κ1) is 15.1. The molecule has 0 radical (unpaired) electrons. The van der Waals surface area contributed by atoms with Crippen molar-refractivity contribution in [1.29, 1.82) is 0 Å². The Morgan fingerprint density at radius 3 is 1.87 bits per heavy atom. The Labute approximate surface area is 138 Å². The predicted molar refractivity (Wildman–Crippen MR) is 94.3 cm³/mol. The van der Waals surface area contributed by atoms with Gasteiger partial charge in [0.25, 0.3) is 10.1 Å². The highest BCUT2D eigenvalue weighted by molar-refractivity contribution is 7.87. The van der Waals surface area contributed by atoms with Crippen molar-refractivity contribution in [3.05, 3.63) is 59.7 Å². The lowest BCUT2D eigenvalue weighted by atomic mass is 10.1. The van der Waals surface area contributed by atoms with Gasteiger partial charge in [-0.15, -0.1) is 0 Å². The minimum Gasteiger partial charge on any atom is -0.314 e. The summed E-state index contributed by atoms with van der Waals surface area (Å²) in [5.74, 6) is 0. The fraction of sp³-hybridized carbons (Fsp3) is 0.333. The molecule has 1 aliphatic heterocycles. The third kappa shape index (κ3) is 2.47. The highest BCUT2D eigenvalue weighted by atomic mass is 32.2. The molecule has 0 amide bonds. The predicted octanol–water partition coefficient (Wildman–Crippen LogP) is 4.05. The maximum atomic E-state index is 12.0. The molecule has 1 heterocycles. The van der Waals surface area contributed by atoms with Gasteiger partial charge in [0.1, 0.15) is 0 Å². The van der Waals surface area contributed by atoms with Gasteiger partial charge in [-0.25, -0.2) is 8.42 Å². The number of hydrogen-bond donors (Lipinski definition) is 0. The quantitative estimate of drug-likeness (QED) is 0.789. The zero-order valence-corrected chi connectivity index (χ0v) is 15.0. The van der Waals surface area contributed by atoms with Crippen LogP contribution in [0.1, 0.15) is 29.5 Å². The standard InChI is InChI=1S/C18H20O3SSi/c1-22(19,20)21-23(12-6-7-13-23)18-16-10-4-2-8-14(16)15-9-3-5-11-17(15)18/h2-5,8-11,18H,6-7,12-13H2,1H3. The van der Waals surface area contributed by atoms with Crippen molar-refractivity contribution < 1.29 is 12.3 Å². The molecule has 1 saturated heterocycles. The molecule has 1 fully saturated rings. The summed E-state index contributed by atoms with van der Waals surface area (Å²) >= 11 is 0. The van der Waals surface area contributed by atoms with Gasteiger partial charge in [0.2, 0.25) is 8.32 Å². The average Bonchev–Trinajstić information content (AvgIpc) is 3.08. The SMILES string of the molecule is CS(=O)(=O)O[Si]1(C2c3ccccc3-c3ccccc32)CCCC1. The van der Waals surface area contributed by atoms with Crippen molar-refractivity contribution in [3.63, 3.8) is 0 Å². The minimum absolute atomic E-state index is 0.132. The van der Waals surface area contributed by atoms with Gasteiger partial charge in [-0.2, -0.15) is 0 Å². The Bertz CT molecular complexity index is 809. The van der Waals surface area contributed by atoms with E-state index in [1.807, 2.05) is 0 Å². The first-order valence-electron chi connectivity index (χ1n) is 8.09. The molecule has 5 heteroatoms. The Kier molecular flexibility index (Phi) is 3.48. The van der Waals surface area contributed by atoms with E-state index in [-0.39, 0.29) is 5.54 Å². The van der Waals surface area contributed by atoms with E-state index in [1.165, 1.54) is 28.5 Å². The topological polar surface area (TPSA) is 43.4 Å². The van der Waals surface area contributed by atoms with Gasteiger partial charge in [0.15, 0.2) is 0 Å². The van der Waals surface area contributed by atoms with Crippen molar-refractivity contribution in [3.8, 4) is 11.1 Å². The van der Waals surface area contributed by atoms with Gasteiger partial charge >= 0.3 is 0 Å². The van der Waals surface area contributed by atoms with Gasteiger partial charge in [-0.3, -0.25) is 0 Å². The van der Waals surface area contributed by atoms with Crippen LogP contribution in [0.15, 0.2) is 48.5 Å². The third-order valence-electron chi connectivity index (χ3n) is 5.13. The second-order valence-electron chi connectivity index (χ2n) is 6.67. The minimum atomic E-state index is -3.45. The summed E-state index contributed by atoms with van der Waals surface area (Å²) < 4.78 is 29.9. The summed E-state index contributed by atoms with van der Waals surface area (Å²) in [5.41, 5.74) is 5.12. The van der Waals surface area contributed by atoms with Crippen LogP contribution < -0.4 is 0 Å². The molecule has 2 aromatic carbocycles. The van der Waals surface area contributed by atoms with Crippen LogP contribution in [-0.4, -0.2) is 23.0 Å². The second kappa shape index (κ2) is 5.29. The van der Waals surface area contributed by atoms with Crippen molar-refractivity contribution in [2.45, 2.75) is 30.5 Å². The summed E-state index contributed by atoms with van der Waals surface area (Å²) in [4.78, 5) is 0. The molecule has 4 rings (SSSR count). The molecule has 0 N–H and O–H groups in total. The van der Waals surface area contributed by atoms with Crippen LogP contribution in [0, 0.1) is 0 Å². The van der Waals surface area contributed by atoms with Gasteiger partial charge in [0, 0.05) is 5.54 Å². The van der Waals surface area contributed by atoms with Crippen LogP contribution in [0.4, 0.5) is 0 Å². The number of fused-ring (bicyclic) bond motifs is 3. The molecular formula is C18H20O3SSi. The molecule has 3 nitrogen and oxygen atoms in total. The number of rotatable bonds is 3. The number of hydrogen-bond acceptors (Lipinski definition) is 3. The highest BCUT2D eigenvalue weighted by Crippen LogP contribution is 2.53. The second-order valence-corrected chi connectivity index (χ2v) is 12.4. The fourth-order valence-corrected chi connectivity index (χ4v) is 12.0. The smallest absolute Gasteiger partial charge is 0.254 e. The lowest BCUT2D eigenvalue weighted by Gasteiger charge is -2.32. The molecule has 0 unspecified atom stereocenters. The molecule has 2 aliphatic rings. The summed E-state index contributed by atoms with van der Waals surface area (Å²) in [7, 11) is -5.87. The van der Waals surface area contributed by atoms with Crippen molar-refractivity contribution in [2.24, 2.45) is 0 Å². The Balaban J connectivity index is 1.93. The van der Waals surface area contributed by atoms with Gasteiger partial charge in [-0.1, -0.05) is 61.4 Å². The van der Waals surface area contributed by atoms with E-state index in [4.69, 9.17) is 3.87 Å². The van der Waals surface area contributed by atoms with Gasteiger partial charge in [-0.05, 0) is 34.3 Å². The van der Waals surface area contributed by atoms with Gasteiger partial charge < -0.3 is 3.87 Å². The van der Waals surface area contributed by atoms with E-state index < -0.39 is 18.4 Å². The lowest BCUT2D eigenvalue weighted by Crippen LogP contribution is -2.44. The summed E-state index contributed by atoms with van der Waals surface area (Å²) in [6, 6.07) is 18.6. The van der Waals surface area contributed by atoms with Crippen LogP contribution in [0.5, 0.6) is 0 Å². The maximum absolute atomic E-state index is 12.0. The molecule has 120 valence electrons. The Morgan fingerprint density at radius 1 is 0.913 bits per heavy atom. The summed E-state index contributed by atoms with van der Waals surface area (Å²) in [6.07, 6.45) is 3.35. The van der Waals surface area contributed by atoms with Crippen LogP contribution >= 0.6 is 0 Å². The normalized spacial score (nSPS) is 19.5. The van der Waals surface area contributed by atoms with Crippen LogP contribution in [0.2, 0.25) is 12.1 Å². The summed E-state index contributed by atoms with van der Waals surface area (Å²) in [6.45, 7) is 0. The van der Waals surface area contributed by atoms with Gasteiger partial charge in [0.05, 0.1) is 6.26 Å². The molecule has 1 aliphatic carbocycles. The molecule has 23 heavy (non-hydrogen) atoms. The fourth-order valence-electron chi connectivity index (χ4n) is 4.42. The largest absolute Gasteiger partial charge is 0.314 e. The van der Waals surface area contributed by atoms with Crippen molar-refractivity contribution in [1.82, 2.24) is 0 Å². The molecule has 0 saturated carbocycles. The maximum Gasteiger partial charge on any atom is 0.254 e. The Morgan fingerprint density at radius 2 is 1.39 bits per heavy atom. The van der Waals surface area contributed by atoms with Crippen LogP contribution in [0.3, 0.4) is 0 Å². The van der Waals surface area contributed by atoms with Crippen LogP contribution in [-0.2, 0) is 14.0 Å². The molecule has 2 aromatic rings. The third-order valence-corrected chi connectivity index (χ3v) is 11.7. The zero-order chi connectivity index (χ0) is 16.1. The van der Waals surface area contributed by atoms with Crippen LogP contribution in [0.25, 0.3) is 11.1 Å². The van der Waals surface area contributed by atoms with Crippen molar-refractivity contribution >= 4 is 18.4 Å². The van der Waals surface area contributed by atoms with E-state index in [2.05, 4.69) is 48.5 Å². The molecule has 0 bridgehead atoms. The first-order chi connectivity index (χ1) is 11.0. The Hall–Kier alpha value is -1.43. The van der Waals surface area contributed by atoms with E-state index in [9.17, 15) is 8.42 Å². The molecular weight excluding hydrogens is 324 g/mol. The monoisotopic (exact) mass is 344 g/mol. The van der Waals surface area contributed by atoms with E-state index in [0.717, 1.165) is 24.9 Å². The molecule has 0 spiro atoms. The zero-order valence-electron chi connectivity index (χ0n) is 13.2.